The van der Waals surface area contributed by atoms with Gasteiger partial charge in [0.2, 0.25) is 0 Å². The van der Waals surface area contributed by atoms with Gasteiger partial charge in [-0.2, -0.15) is 0 Å². The molecule has 0 N–H and O–H groups in total. The highest BCUT2D eigenvalue weighted by Crippen LogP contribution is 2.38. The number of hydrogen-bond donors (Lipinski definition) is 0. The number of rotatable bonds is 3. The zero-order valence-corrected chi connectivity index (χ0v) is 14.4. The lowest BCUT2D eigenvalue weighted by atomic mass is 9.81. The van der Waals surface area contributed by atoms with E-state index in [-0.39, 0.29) is 0 Å². The second kappa shape index (κ2) is 7.42. The van der Waals surface area contributed by atoms with Crippen molar-refractivity contribution in [2.45, 2.75) is 57.9 Å². The molecule has 0 radical (unpaired) electrons. The molecule has 1 atom stereocenters. The quantitative estimate of drug-likeness (QED) is 0.574. The lowest BCUT2D eigenvalue weighted by molar-refractivity contribution is 0.117. The van der Waals surface area contributed by atoms with Crippen molar-refractivity contribution in [3.63, 3.8) is 0 Å². The van der Waals surface area contributed by atoms with E-state index in [4.69, 9.17) is 0 Å². The smallest absolute Gasteiger partial charge is 0.0195 e. The van der Waals surface area contributed by atoms with Crippen LogP contribution in [0.2, 0.25) is 0 Å². The first-order valence-corrected chi connectivity index (χ1v) is 9.26. The molecule has 0 amide bonds. The van der Waals surface area contributed by atoms with Crippen LogP contribution >= 0.6 is 15.9 Å². The van der Waals surface area contributed by atoms with Gasteiger partial charge in [-0.3, -0.25) is 4.90 Å². The summed E-state index contributed by atoms with van der Waals surface area (Å²) in [6.45, 7) is 7.52. The molecular formula is C16H31BrN2. The first-order valence-electron chi connectivity index (χ1n) is 8.14. The van der Waals surface area contributed by atoms with E-state index in [1.165, 1.54) is 76.5 Å². The molecule has 0 bridgehead atoms. The third-order valence-corrected chi connectivity index (χ3v) is 6.36. The van der Waals surface area contributed by atoms with E-state index in [1.807, 2.05) is 0 Å². The van der Waals surface area contributed by atoms with Gasteiger partial charge in [-0.15, -0.1) is 0 Å². The Bertz CT molecular complexity index is 261. The molecule has 1 aliphatic heterocycles. The van der Waals surface area contributed by atoms with Crippen LogP contribution in [-0.2, 0) is 0 Å². The average Bonchev–Trinajstić information content (AvgIpc) is 2.71. The highest BCUT2D eigenvalue weighted by atomic mass is 79.9. The summed E-state index contributed by atoms with van der Waals surface area (Å²) in [5, 5.41) is 1.19. The largest absolute Gasteiger partial charge is 0.305 e. The van der Waals surface area contributed by atoms with Gasteiger partial charge in [-0.25, -0.2) is 0 Å². The standard InChI is InChI=1S/C16H31BrN2/c1-15-12-18(2)10-7-11-19(15)14-16(13-17)8-5-3-4-6-9-16/h15H,3-14H2,1-2H3. The molecule has 2 nitrogen and oxygen atoms in total. The van der Waals surface area contributed by atoms with Gasteiger partial charge in [0.15, 0.2) is 0 Å². The molecule has 2 fully saturated rings. The highest BCUT2D eigenvalue weighted by molar-refractivity contribution is 9.09. The minimum absolute atomic E-state index is 0.549. The summed E-state index contributed by atoms with van der Waals surface area (Å²) >= 11 is 3.84. The van der Waals surface area contributed by atoms with E-state index in [0.717, 1.165) is 0 Å². The Hall–Kier alpha value is 0.400. The van der Waals surface area contributed by atoms with Crippen molar-refractivity contribution in [2.24, 2.45) is 5.41 Å². The zero-order chi connectivity index (χ0) is 13.7. The minimum Gasteiger partial charge on any atom is -0.305 e. The molecule has 112 valence electrons. The van der Waals surface area contributed by atoms with Crippen molar-refractivity contribution < 1.29 is 0 Å². The van der Waals surface area contributed by atoms with Crippen molar-refractivity contribution in [2.75, 3.05) is 38.6 Å². The predicted octanol–water partition coefficient (Wildman–Crippen LogP) is 3.75. The van der Waals surface area contributed by atoms with E-state index in [1.54, 1.807) is 0 Å². The van der Waals surface area contributed by atoms with E-state index in [2.05, 4.69) is 39.7 Å². The normalized spacial score (nSPS) is 30.8. The lowest BCUT2D eigenvalue weighted by Crippen LogP contribution is -2.45. The van der Waals surface area contributed by atoms with Crippen LogP contribution in [0.5, 0.6) is 0 Å². The Morgan fingerprint density at radius 3 is 2.37 bits per heavy atom. The molecule has 1 aliphatic carbocycles. The maximum absolute atomic E-state index is 3.84. The predicted molar refractivity (Wildman–Crippen MR) is 87.1 cm³/mol. The topological polar surface area (TPSA) is 6.48 Å². The zero-order valence-electron chi connectivity index (χ0n) is 12.8. The number of likely N-dealkylation sites (N-methyl/N-ethyl adjacent to an activating group) is 1. The Labute approximate surface area is 128 Å². The fourth-order valence-corrected chi connectivity index (χ4v) is 4.64. The van der Waals surface area contributed by atoms with Gasteiger partial charge in [0.1, 0.15) is 0 Å². The maximum atomic E-state index is 3.84. The summed E-state index contributed by atoms with van der Waals surface area (Å²) < 4.78 is 0. The second-order valence-electron chi connectivity index (χ2n) is 6.98. The van der Waals surface area contributed by atoms with Crippen molar-refractivity contribution in [1.29, 1.82) is 0 Å². The SMILES string of the molecule is CC1CN(C)CCCN1CC1(CBr)CCCCCC1. The van der Waals surface area contributed by atoms with E-state index in [9.17, 15) is 0 Å². The van der Waals surface area contributed by atoms with Gasteiger partial charge < -0.3 is 4.90 Å². The molecule has 19 heavy (non-hydrogen) atoms. The van der Waals surface area contributed by atoms with Crippen LogP contribution in [-0.4, -0.2) is 54.4 Å². The summed E-state index contributed by atoms with van der Waals surface area (Å²) in [5.41, 5.74) is 0.549. The number of hydrogen-bond acceptors (Lipinski definition) is 2. The Morgan fingerprint density at radius 2 is 1.74 bits per heavy atom. The Balaban J connectivity index is 1.99. The van der Waals surface area contributed by atoms with Crippen molar-refractivity contribution in [1.82, 2.24) is 9.80 Å². The first-order chi connectivity index (χ1) is 9.15. The molecule has 0 aromatic carbocycles. The fourth-order valence-electron chi connectivity index (χ4n) is 3.90. The monoisotopic (exact) mass is 330 g/mol. The molecule has 1 saturated carbocycles. The molecular weight excluding hydrogens is 300 g/mol. The van der Waals surface area contributed by atoms with Gasteiger partial charge in [-0.05, 0) is 51.7 Å². The molecule has 1 heterocycles. The van der Waals surface area contributed by atoms with Crippen LogP contribution in [0.25, 0.3) is 0 Å². The summed E-state index contributed by atoms with van der Waals surface area (Å²) in [7, 11) is 2.27. The van der Waals surface area contributed by atoms with Crippen LogP contribution in [0, 0.1) is 5.41 Å². The van der Waals surface area contributed by atoms with Crippen LogP contribution in [0.1, 0.15) is 51.9 Å². The minimum atomic E-state index is 0.549. The van der Waals surface area contributed by atoms with Gasteiger partial charge in [0.05, 0.1) is 0 Å². The van der Waals surface area contributed by atoms with E-state index >= 15 is 0 Å². The summed E-state index contributed by atoms with van der Waals surface area (Å²) in [4.78, 5) is 5.27. The van der Waals surface area contributed by atoms with Gasteiger partial charge in [0.25, 0.3) is 0 Å². The summed E-state index contributed by atoms with van der Waals surface area (Å²) in [5.74, 6) is 0. The van der Waals surface area contributed by atoms with E-state index in [0.29, 0.717) is 11.5 Å². The molecule has 2 aliphatic rings. The van der Waals surface area contributed by atoms with Gasteiger partial charge in [0, 0.05) is 24.5 Å². The molecule has 0 spiro atoms. The van der Waals surface area contributed by atoms with E-state index < -0.39 is 0 Å². The van der Waals surface area contributed by atoms with Crippen molar-refractivity contribution in [3.8, 4) is 0 Å². The number of halogens is 1. The molecule has 3 heteroatoms. The molecule has 1 saturated heterocycles. The van der Waals surface area contributed by atoms with Gasteiger partial charge in [-0.1, -0.05) is 41.6 Å². The average molecular weight is 331 g/mol. The van der Waals surface area contributed by atoms with Crippen molar-refractivity contribution >= 4 is 15.9 Å². The number of alkyl halides is 1. The molecule has 2 rings (SSSR count). The fraction of sp³-hybridized carbons (Fsp3) is 1.00. The first kappa shape index (κ1) is 15.8. The summed E-state index contributed by atoms with van der Waals surface area (Å²) in [6, 6.07) is 0.715. The highest BCUT2D eigenvalue weighted by Gasteiger charge is 2.33. The number of nitrogens with zero attached hydrogens (tertiary/aromatic N) is 2. The third kappa shape index (κ3) is 4.44. The Morgan fingerprint density at radius 1 is 1.05 bits per heavy atom. The molecule has 0 aromatic heterocycles. The Kier molecular flexibility index (Phi) is 6.16. The maximum Gasteiger partial charge on any atom is 0.0195 e. The van der Waals surface area contributed by atoms with Crippen molar-refractivity contribution in [3.05, 3.63) is 0 Å². The molecule has 1 unspecified atom stereocenters. The van der Waals surface area contributed by atoms with Crippen LogP contribution in [0.4, 0.5) is 0 Å². The third-order valence-electron chi connectivity index (χ3n) is 5.17. The lowest BCUT2D eigenvalue weighted by Gasteiger charge is -2.39. The van der Waals surface area contributed by atoms with Crippen LogP contribution < -0.4 is 0 Å². The van der Waals surface area contributed by atoms with Crippen LogP contribution in [0.15, 0.2) is 0 Å². The summed E-state index contributed by atoms with van der Waals surface area (Å²) in [6.07, 6.45) is 9.97. The van der Waals surface area contributed by atoms with Gasteiger partial charge >= 0.3 is 0 Å². The van der Waals surface area contributed by atoms with Crippen LogP contribution in [0.3, 0.4) is 0 Å². The molecule has 0 aromatic rings. The second-order valence-corrected chi connectivity index (χ2v) is 7.54.